The Morgan fingerprint density at radius 3 is 3.00 bits per heavy atom. The molecule has 3 heterocycles. The fourth-order valence-corrected chi connectivity index (χ4v) is 3.33. The van der Waals surface area contributed by atoms with Crippen LogP contribution < -0.4 is 0 Å². The van der Waals surface area contributed by atoms with E-state index in [0.29, 0.717) is 5.57 Å². The highest BCUT2D eigenvalue weighted by atomic mass is 32.1. The SMILES string of the molecule is Cc1ccc(/C=C(/C#N)c2nnc3n2CCCCC3)s1. The van der Waals surface area contributed by atoms with Crippen LogP contribution in [0.2, 0.25) is 0 Å². The monoisotopic (exact) mass is 284 g/mol. The highest BCUT2D eigenvalue weighted by Gasteiger charge is 2.17. The van der Waals surface area contributed by atoms with E-state index in [1.165, 1.54) is 11.3 Å². The summed E-state index contributed by atoms with van der Waals surface area (Å²) in [6.45, 7) is 2.98. The molecule has 0 radical (unpaired) electrons. The van der Waals surface area contributed by atoms with E-state index in [2.05, 4.69) is 33.8 Å². The summed E-state index contributed by atoms with van der Waals surface area (Å²) in [5, 5.41) is 17.9. The quantitative estimate of drug-likeness (QED) is 0.794. The number of hydrogen-bond donors (Lipinski definition) is 0. The predicted octanol–water partition coefficient (Wildman–Crippen LogP) is 3.44. The number of hydrogen-bond acceptors (Lipinski definition) is 4. The number of nitriles is 1. The van der Waals surface area contributed by atoms with E-state index in [-0.39, 0.29) is 0 Å². The zero-order valence-electron chi connectivity index (χ0n) is 11.5. The maximum absolute atomic E-state index is 9.44. The molecule has 0 saturated carbocycles. The van der Waals surface area contributed by atoms with Gasteiger partial charge in [-0.05, 0) is 38.0 Å². The van der Waals surface area contributed by atoms with Crippen molar-refractivity contribution in [1.82, 2.24) is 14.8 Å². The first kappa shape index (κ1) is 13.1. The maximum atomic E-state index is 9.44. The summed E-state index contributed by atoms with van der Waals surface area (Å²) < 4.78 is 2.11. The number of rotatable bonds is 2. The van der Waals surface area contributed by atoms with Crippen molar-refractivity contribution in [3.63, 3.8) is 0 Å². The molecule has 0 saturated heterocycles. The molecule has 5 heteroatoms. The third-order valence-corrected chi connectivity index (χ3v) is 4.47. The van der Waals surface area contributed by atoms with Crippen LogP contribution in [0.5, 0.6) is 0 Å². The van der Waals surface area contributed by atoms with Crippen LogP contribution in [0.15, 0.2) is 12.1 Å². The van der Waals surface area contributed by atoms with Crippen LogP contribution in [0.1, 0.15) is 40.7 Å². The van der Waals surface area contributed by atoms with Crippen molar-refractivity contribution < 1.29 is 0 Å². The van der Waals surface area contributed by atoms with Crippen molar-refractivity contribution >= 4 is 23.0 Å². The van der Waals surface area contributed by atoms with Gasteiger partial charge in [0.25, 0.3) is 0 Å². The van der Waals surface area contributed by atoms with Gasteiger partial charge in [-0.1, -0.05) is 6.42 Å². The number of fused-ring (bicyclic) bond motifs is 1. The van der Waals surface area contributed by atoms with Gasteiger partial charge in [-0.3, -0.25) is 0 Å². The Bertz CT molecular complexity index is 687. The first-order valence-corrected chi connectivity index (χ1v) is 7.70. The largest absolute Gasteiger partial charge is 0.310 e. The van der Waals surface area contributed by atoms with E-state index in [1.54, 1.807) is 11.3 Å². The summed E-state index contributed by atoms with van der Waals surface area (Å²) >= 11 is 1.69. The van der Waals surface area contributed by atoms with Crippen LogP contribution in [0.3, 0.4) is 0 Å². The summed E-state index contributed by atoms with van der Waals surface area (Å²) in [4.78, 5) is 2.33. The van der Waals surface area contributed by atoms with Crippen molar-refractivity contribution in [2.24, 2.45) is 0 Å². The molecule has 20 heavy (non-hydrogen) atoms. The number of aromatic nitrogens is 3. The van der Waals surface area contributed by atoms with Crippen molar-refractivity contribution in [2.75, 3.05) is 0 Å². The Morgan fingerprint density at radius 2 is 2.25 bits per heavy atom. The molecule has 0 bridgehead atoms. The molecule has 3 rings (SSSR count). The highest BCUT2D eigenvalue weighted by molar-refractivity contribution is 7.12. The fourth-order valence-electron chi connectivity index (χ4n) is 2.50. The second kappa shape index (κ2) is 5.59. The second-order valence-corrected chi connectivity index (χ2v) is 6.34. The Labute approximate surface area is 122 Å². The molecule has 0 amide bonds. The molecular weight excluding hydrogens is 268 g/mol. The van der Waals surface area contributed by atoms with Gasteiger partial charge in [-0.25, -0.2) is 0 Å². The minimum Gasteiger partial charge on any atom is -0.310 e. The van der Waals surface area contributed by atoms with E-state index in [1.807, 2.05) is 12.1 Å². The van der Waals surface area contributed by atoms with E-state index in [4.69, 9.17) is 0 Å². The smallest absolute Gasteiger partial charge is 0.174 e. The highest BCUT2D eigenvalue weighted by Crippen LogP contribution is 2.24. The summed E-state index contributed by atoms with van der Waals surface area (Å²) in [6.07, 6.45) is 6.39. The molecule has 0 unspecified atom stereocenters. The van der Waals surface area contributed by atoms with Gasteiger partial charge in [0.1, 0.15) is 11.9 Å². The van der Waals surface area contributed by atoms with Gasteiger partial charge in [0.05, 0.1) is 5.57 Å². The lowest BCUT2D eigenvalue weighted by Gasteiger charge is -2.05. The van der Waals surface area contributed by atoms with Crippen LogP contribution in [0.4, 0.5) is 0 Å². The zero-order valence-corrected chi connectivity index (χ0v) is 12.3. The third kappa shape index (κ3) is 2.52. The number of nitrogens with zero attached hydrogens (tertiary/aromatic N) is 4. The molecule has 2 aromatic rings. The lowest BCUT2D eigenvalue weighted by molar-refractivity contribution is 0.627. The van der Waals surface area contributed by atoms with Crippen molar-refractivity contribution in [3.8, 4) is 6.07 Å². The van der Waals surface area contributed by atoms with Crippen molar-refractivity contribution in [3.05, 3.63) is 33.5 Å². The Balaban J connectivity index is 2.00. The van der Waals surface area contributed by atoms with Gasteiger partial charge in [-0.2, -0.15) is 5.26 Å². The third-order valence-electron chi connectivity index (χ3n) is 3.52. The number of allylic oxidation sites excluding steroid dienone is 1. The molecule has 0 fully saturated rings. The van der Waals surface area contributed by atoms with Gasteiger partial charge in [0.15, 0.2) is 5.82 Å². The molecule has 0 N–H and O–H groups in total. The molecule has 0 aromatic carbocycles. The van der Waals surface area contributed by atoms with E-state index >= 15 is 0 Å². The molecule has 1 aliphatic rings. The fraction of sp³-hybridized carbons (Fsp3) is 0.400. The Hall–Kier alpha value is -1.93. The lowest BCUT2D eigenvalue weighted by atomic mass is 10.2. The Kier molecular flexibility index (Phi) is 3.66. The van der Waals surface area contributed by atoms with Crippen molar-refractivity contribution in [1.29, 1.82) is 5.26 Å². The lowest BCUT2D eigenvalue weighted by Crippen LogP contribution is -2.05. The van der Waals surface area contributed by atoms with Gasteiger partial charge in [0, 0.05) is 22.7 Å². The van der Waals surface area contributed by atoms with E-state index in [9.17, 15) is 5.26 Å². The van der Waals surface area contributed by atoms with E-state index in [0.717, 1.165) is 42.3 Å². The van der Waals surface area contributed by atoms with E-state index < -0.39 is 0 Å². The standard InChI is InChI=1S/C15H16N4S/c1-11-6-7-13(20-11)9-12(10-16)15-18-17-14-5-3-2-4-8-19(14)15/h6-7,9H,2-5,8H2,1H3/b12-9-. The minimum atomic E-state index is 0.604. The second-order valence-electron chi connectivity index (χ2n) is 5.02. The van der Waals surface area contributed by atoms with Gasteiger partial charge >= 0.3 is 0 Å². The predicted molar refractivity (Wildman–Crippen MR) is 80.1 cm³/mol. The average Bonchev–Trinajstić information content (AvgIpc) is 2.96. The molecule has 0 aliphatic carbocycles. The van der Waals surface area contributed by atoms with Gasteiger partial charge in [0.2, 0.25) is 0 Å². The first-order valence-electron chi connectivity index (χ1n) is 6.88. The summed E-state index contributed by atoms with van der Waals surface area (Å²) in [5.41, 5.74) is 0.604. The molecule has 4 nitrogen and oxygen atoms in total. The van der Waals surface area contributed by atoms with Gasteiger partial charge in [-0.15, -0.1) is 21.5 Å². The molecule has 1 aliphatic heterocycles. The molecule has 0 spiro atoms. The number of thiophene rings is 1. The van der Waals surface area contributed by atoms with Crippen molar-refractivity contribution in [2.45, 2.75) is 39.2 Å². The van der Waals surface area contributed by atoms with Gasteiger partial charge < -0.3 is 4.57 Å². The first-order chi connectivity index (χ1) is 9.78. The summed E-state index contributed by atoms with van der Waals surface area (Å²) in [5.74, 6) is 1.73. The zero-order chi connectivity index (χ0) is 13.9. The molecule has 102 valence electrons. The van der Waals surface area contributed by atoms with Crippen LogP contribution >= 0.6 is 11.3 Å². The molecular formula is C15H16N4S. The molecule has 2 aromatic heterocycles. The molecule has 0 atom stereocenters. The number of aryl methyl sites for hydroxylation is 2. The average molecular weight is 284 g/mol. The topological polar surface area (TPSA) is 54.5 Å². The van der Waals surface area contributed by atoms with Crippen LogP contribution in [0.25, 0.3) is 11.6 Å². The summed E-state index contributed by atoms with van der Waals surface area (Å²) in [7, 11) is 0. The van der Waals surface area contributed by atoms with Crippen LogP contribution in [-0.4, -0.2) is 14.8 Å². The Morgan fingerprint density at radius 1 is 1.35 bits per heavy atom. The van der Waals surface area contributed by atoms with Crippen LogP contribution in [-0.2, 0) is 13.0 Å². The minimum absolute atomic E-state index is 0.604. The normalized spacial score (nSPS) is 15.5. The maximum Gasteiger partial charge on any atom is 0.174 e. The van der Waals surface area contributed by atoms with Crippen LogP contribution in [0, 0.1) is 18.3 Å². The summed E-state index contributed by atoms with van der Waals surface area (Å²) in [6, 6.07) is 6.38.